The lowest BCUT2D eigenvalue weighted by molar-refractivity contribution is -0.136. The van der Waals surface area contributed by atoms with Crippen molar-refractivity contribution in [3.63, 3.8) is 0 Å². The zero-order chi connectivity index (χ0) is 22.7. The Morgan fingerprint density at radius 1 is 1.25 bits per heavy atom. The van der Waals surface area contributed by atoms with Crippen molar-refractivity contribution >= 4 is 22.9 Å². The topological polar surface area (TPSA) is 121 Å². The third kappa shape index (κ3) is 4.66. The summed E-state index contributed by atoms with van der Waals surface area (Å²) >= 11 is 0. The second kappa shape index (κ2) is 9.50. The molecule has 1 amide bonds. The minimum atomic E-state index is -1.11. The maximum absolute atomic E-state index is 15.0. The highest BCUT2D eigenvalue weighted by Crippen LogP contribution is 2.34. The molecule has 4 rings (SSSR count). The van der Waals surface area contributed by atoms with Crippen molar-refractivity contribution in [2.75, 3.05) is 0 Å². The lowest BCUT2D eigenvalue weighted by atomic mass is 9.85. The number of nitrogens with one attached hydrogen (secondary N) is 2. The van der Waals surface area contributed by atoms with E-state index in [1.165, 1.54) is 18.8 Å². The minimum absolute atomic E-state index is 0.0784. The lowest BCUT2D eigenvalue weighted by Crippen LogP contribution is -2.35. The number of hydrogen-bond donors (Lipinski definition) is 3. The lowest BCUT2D eigenvalue weighted by Gasteiger charge is -2.28. The number of halogens is 1. The van der Waals surface area contributed by atoms with Gasteiger partial charge >= 0.3 is 5.97 Å². The summed E-state index contributed by atoms with van der Waals surface area (Å²) in [6.45, 7) is 1.70. The average molecular weight is 442 g/mol. The number of aryl methyl sites for hydroxylation is 1. The van der Waals surface area contributed by atoms with E-state index in [0.717, 1.165) is 38.5 Å². The Bertz CT molecular complexity index is 1110. The van der Waals surface area contributed by atoms with E-state index in [0.29, 0.717) is 22.6 Å². The van der Waals surface area contributed by atoms with Crippen LogP contribution in [0.4, 0.5) is 4.39 Å². The second-order valence-electron chi connectivity index (χ2n) is 8.50. The van der Waals surface area contributed by atoms with E-state index in [2.05, 4.69) is 20.4 Å². The molecule has 3 N–H and O–H groups in total. The molecule has 8 nitrogen and oxygen atoms in total. The molecule has 0 bridgehead atoms. The summed E-state index contributed by atoms with van der Waals surface area (Å²) in [5.74, 6) is -1.46. The van der Waals surface area contributed by atoms with Crippen LogP contribution < -0.4 is 5.32 Å². The molecule has 170 valence electrons. The largest absolute Gasteiger partial charge is 0.481 e. The van der Waals surface area contributed by atoms with E-state index in [1.807, 2.05) is 0 Å². The van der Waals surface area contributed by atoms with Gasteiger partial charge in [-0.15, -0.1) is 0 Å². The summed E-state index contributed by atoms with van der Waals surface area (Å²) in [7, 11) is 0. The Balaban J connectivity index is 1.70. The fraction of sp³-hybridized carbons (Fsp3) is 0.478. The van der Waals surface area contributed by atoms with Gasteiger partial charge in [0.25, 0.3) is 5.91 Å². The van der Waals surface area contributed by atoms with E-state index in [-0.39, 0.29) is 22.9 Å². The molecule has 1 atom stereocenters. The molecule has 0 spiro atoms. The van der Waals surface area contributed by atoms with Crippen molar-refractivity contribution in [2.45, 2.75) is 64.3 Å². The van der Waals surface area contributed by atoms with Gasteiger partial charge in [0.2, 0.25) is 0 Å². The molecule has 32 heavy (non-hydrogen) atoms. The van der Waals surface area contributed by atoms with Crippen molar-refractivity contribution < 1.29 is 23.6 Å². The van der Waals surface area contributed by atoms with Gasteiger partial charge in [-0.3, -0.25) is 9.59 Å². The number of carboxylic acids is 1. The van der Waals surface area contributed by atoms with Crippen LogP contribution in [0.3, 0.4) is 0 Å². The molecule has 1 saturated carbocycles. The SMILES string of the molecule is Cc1nocc1C(=O)NC(c1nc2c(F)c(CC(=O)O)ccc2[nH]1)C1CCCCCCC1. The third-order valence-electron chi connectivity index (χ3n) is 6.23. The van der Waals surface area contributed by atoms with Crippen LogP contribution in [0.5, 0.6) is 0 Å². The number of aliphatic carboxylic acids is 1. The molecular weight excluding hydrogens is 415 g/mol. The Labute approximate surface area is 184 Å². The first-order chi connectivity index (χ1) is 15.4. The van der Waals surface area contributed by atoms with E-state index in [9.17, 15) is 14.0 Å². The molecule has 3 aromatic rings. The van der Waals surface area contributed by atoms with Gasteiger partial charge in [-0.05, 0) is 31.7 Å². The second-order valence-corrected chi connectivity index (χ2v) is 8.50. The first kappa shape index (κ1) is 22.0. The number of aromatic nitrogens is 3. The van der Waals surface area contributed by atoms with E-state index < -0.39 is 24.2 Å². The molecule has 1 aliphatic carbocycles. The van der Waals surface area contributed by atoms with E-state index in [1.54, 1.807) is 13.0 Å². The molecule has 2 heterocycles. The Morgan fingerprint density at radius 2 is 1.97 bits per heavy atom. The summed E-state index contributed by atoms with van der Waals surface area (Å²) in [6, 6.07) is 2.65. The average Bonchev–Trinajstić information content (AvgIpc) is 3.35. The number of rotatable bonds is 6. The Morgan fingerprint density at radius 3 is 2.62 bits per heavy atom. The molecule has 0 aliphatic heterocycles. The standard InChI is InChI=1S/C23H27FN4O4/c1-13-16(12-32-28-13)23(31)27-20(14-7-5-3-2-4-6-8-14)22-25-17-10-9-15(11-18(29)30)19(24)21(17)26-22/h9-10,12,14,20H,2-8,11H2,1H3,(H,25,26)(H,27,31)(H,29,30). The highest BCUT2D eigenvalue weighted by Gasteiger charge is 2.30. The predicted molar refractivity (Wildman–Crippen MR) is 115 cm³/mol. The number of carbonyl (C=O) groups excluding carboxylic acids is 1. The van der Waals surface area contributed by atoms with Crippen molar-refractivity contribution in [1.29, 1.82) is 0 Å². The van der Waals surface area contributed by atoms with Crippen LogP contribution in [-0.2, 0) is 11.2 Å². The molecule has 0 saturated heterocycles. The fourth-order valence-corrected chi connectivity index (χ4v) is 4.51. The predicted octanol–water partition coefficient (Wildman–Crippen LogP) is 4.46. The van der Waals surface area contributed by atoms with Crippen LogP contribution in [0.25, 0.3) is 11.0 Å². The smallest absolute Gasteiger partial charge is 0.307 e. The van der Waals surface area contributed by atoms with Crippen LogP contribution in [0.15, 0.2) is 22.9 Å². The van der Waals surface area contributed by atoms with Gasteiger partial charge in [-0.1, -0.05) is 43.3 Å². The summed E-state index contributed by atoms with van der Waals surface area (Å²) in [6.07, 6.45) is 8.38. The van der Waals surface area contributed by atoms with Crippen LogP contribution in [-0.4, -0.2) is 32.1 Å². The van der Waals surface area contributed by atoms with Gasteiger partial charge in [0.15, 0.2) is 5.82 Å². The van der Waals surface area contributed by atoms with Gasteiger partial charge < -0.3 is 19.9 Å². The van der Waals surface area contributed by atoms with Gasteiger partial charge in [0.05, 0.1) is 23.7 Å². The molecule has 1 unspecified atom stereocenters. The zero-order valence-electron chi connectivity index (χ0n) is 18.0. The fourth-order valence-electron chi connectivity index (χ4n) is 4.51. The van der Waals surface area contributed by atoms with Crippen molar-refractivity contribution in [1.82, 2.24) is 20.4 Å². The van der Waals surface area contributed by atoms with E-state index >= 15 is 0 Å². The quantitative estimate of drug-likeness (QED) is 0.518. The van der Waals surface area contributed by atoms with Crippen molar-refractivity contribution in [3.05, 3.63) is 46.9 Å². The van der Waals surface area contributed by atoms with Crippen LogP contribution in [0.1, 0.15) is 78.4 Å². The number of amides is 1. The number of fused-ring (bicyclic) bond motifs is 1. The molecule has 2 aromatic heterocycles. The monoisotopic (exact) mass is 442 g/mol. The highest BCUT2D eigenvalue weighted by atomic mass is 19.1. The number of benzene rings is 1. The van der Waals surface area contributed by atoms with Crippen LogP contribution >= 0.6 is 0 Å². The zero-order valence-corrected chi connectivity index (χ0v) is 18.0. The number of hydrogen-bond acceptors (Lipinski definition) is 5. The van der Waals surface area contributed by atoms with Gasteiger partial charge in [0, 0.05) is 5.56 Å². The number of carboxylic acid groups (broad SMARTS) is 1. The molecule has 0 radical (unpaired) electrons. The number of imidazole rings is 1. The minimum Gasteiger partial charge on any atom is -0.481 e. The number of carbonyl (C=O) groups is 2. The van der Waals surface area contributed by atoms with Crippen LogP contribution in [0.2, 0.25) is 0 Å². The molecule has 1 fully saturated rings. The first-order valence-corrected chi connectivity index (χ1v) is 11.0. The molecule has 9 heteroatoms. The summed E-state index contributed by atoms with van der Waals surface area (Å²) < 4.78 is 19.9. The summed E-state index contributed by atoms with van der Waals surface area (Å²) in [4.78, 5) is 31.7. The summed E-state index contributed by atoms with van der Waals surface area (Å²) in [5, 5.41) is 15.9. The molecule has 1 aliphatic rings. The maximum Gasteiger partial charge on any atom is 0.307 e. The number of aromatic amines is 1. The van der Waals surface area contributed by atoms with Crippen molar-refractivity contribution in [3.8, 4) is 0 Å². The molecule has 1 aromatic carbocycles. The maximum atomic E-state index is 15.0. The Hall–Kier alpha value is -3.23. The van der Waals surface area contributed by atoms with Gasteiger partial charge in [-0.2, -0.15) is 0 Å². The van der Waals surface area contributed by atoms with Crippen molar-refractivity contribution in [2.24, 2.45) is 5.92 Å². The number of H-pyrrole nitrogens is 1. The normalized spacial score (nSPS) is 16.4. The van der Waals surface area contributed by atoms with Gasteiger partial charge in [0.1, 0.15) is 23.2 Å². The third-order valence-corrected chi connectivity index (χ3v) is 6.23. The first-order valence-electron chi connectivity index (χ1n) is 11.0. The van der Waals surface area contributed by atoms with Gasteiger partial charge in [-0.25, -0.2) is 9.37 Å². The summed E-state index contributed by atoms with van der Waals surface area (Å²) in [5.41, 5.74) is 1.48. The molecular formula is C23H27FN4O4. The number of nitrogens with zero attached hydrogens (tertiary/aromatic N) is 2. The highest BCUT2D eigenvalue weighted by molar-refractivity contribution is 5.95. The van der Waals surface area contributed by atoms with Crippen LogP contribution in [0, 0.1) is 18.7 Å². The Kier molecular flexibility index (Phi) is 6.53. The van der Waals surface area contributed by atoms with E-state index in [4.69, 9.17) is 9.63 Å².